The minimum absolute atomic E-state index is 0.0887. The summed E-state index contributed by atoms with van der Waals surface area (Å²) in [4.78, 5) is 36.0. The molecule has 0 radical (unpaired) electrons. The standard InChI is InChI=1S/C20H19ClN2O3/c21-15-5-1-13(2-6-15)18(24)11-12-19(25)22-16-7-3-14(4-8-16)20(26)23-17-9-10-17/h1-8,17H,9-12H2,(H,22,25)(H,23,26). The van der Waals surface area contributed by atoms with Gasteiger partial charge in [0.25, 0.3) is 5.91 Å². The van der Waals surface area contributed by atoms with E-state index >= 15 is 0 Å². The molecule has 1 aliphatic rings. The lowest BCUT2D eigenvalue weighted by Gasteiger charge is -2.07. The van der Waals surface area contributed by atoms with E-state index in [1.165, 1.54) is 0 Å². The Morgan fingerprint density at radius 2 is 1.50 bits per heavy atom. The van der Waals surface area contributed by atoms with Crippen LogP contribution < -0.4 is 10.6 Å². The first-order valence-corrected chi connectivity index (χ1v) is 8.88. The first kappa shape index (κ1) is 18.1. The molecule has 2 amide bonds. The lowest BCUT2D eigenvalue weighted by Crippen LogP contribution is -2.25. The number of hydrogen-bond acceptors (Lipinski definition) is 3. The number of carbonyl (C=O) groups is 3. The third kappa shape index (κ3) is 5.17. The van der Waals surface area contributed by atoms with Crippen molar-refractivity contribution in [1.29, 1.82) is 0 Å². The van der Waals surface area contributed by atoms with Crippen LogP contribution in [0.2, 0.25) is 5.02 Å². The Labute approximate surface area is 156 Å². The SMILES string of the molecule is O=C(CCC(=O)c1ccc(Cl)cc1)Nc1ccc(C(=O)NC2CC2)cc1. The van der Waals surface area contributed by atoms with Gasteiger partial charge < -0.3 is 10.6 Å². The number of ketones is 1. The molecule has 6 heteroatoms. The number of anilines is 1. The van der Waals surface area contributed by atoms with Crippen LogP contribution in [-0.4, -0.2) is 23.6 Å². The predicted molar refractivity (Wildman–Crippen MR) is 101 cm³/mol. The van der Waals surface area contributed by atoms with Crippen molar-refractivity contribution in [2.45, 2.75) is 31.7 Å². The Balaban J connectivity index is 1.47. The summed E-state index contributed by atoms with van der Waals surface area (Å²) in [6, 6.07) is 13.6. The summed E-state index contributed by atoms with van der Waals surface area (Å²) >= 11 is 5.79. The molecular formula is C20H19ClN2O3. The molecule has 5 nitrogen and oxygen atoms in total. The predicted octanol–water partition coefficient (Wildman–Crippen LogP) is 3.83. The zero-order valence-corrected chi connectivity index (χ0v) is 14.9. The zero-order valence-electron chi connectivity index (χ0n) is 14.1. The van der Waals surface area contributed by atoms with Gasteiger partial charge in [0.1, 0.15) is 0 Å². The van der Waals surface area contributed by atoms with Gasteiger partial charge in [0.05, 0.1) is 0 Å². The number of benzene rings is 2. The number of halogens is 1. The van der Waals surface area contributed by atoms with E-state index in [1.807, 2.05) is 0 Å². The van der Waals surface area contributed by atoms with Crippen molar-refractivity contribution >= 4 is 34.9 Å². The molecule has 2 N–H and O–H groups in total. The molecule has 0 aliphatic heterocycles. The van der Waals surface area contributed by atoms with Crippen LogP contribution in [-0.2, 0) is 4.79 Å². The maximum atomic E-state index is 12.1. The molecule has 1 aliphatic carbocycles. The van der Waals surface area contributed by atoms with Crippen LogP contribution >= 0.6 is 11.6 Å². The Kier molecular flexibility index (Phi) is 5.68. The maximum absolute atomic E-state index is 12.1. The topological polar surface area (TPSA) is 75.3 Å². The van der Waals surface area contributed by atoms with Crippen LogP contribution in [0, 0.1) is 0 Å². The largest absolute Gasteiger partial charge is 0.349 e. The molecule has 134 valence electrons. The first-order chi connectivity index (χ1) is 12.5. The van der Waals surface area contributed by atoms with Crippen molar-refractivity contribution < 1.29 is 14.4 Å². The third-order valence-corrected chi connectivity index (χ3v) is 4.34. The number of Topliss-reactive ketones (excluding diaryl/α,β-unsaturated/α-hetero) is 1. The highest BCUT2D eigenvalue weighted by Crippen LogP contribution is 2.20. The molecule has 0 atom stereocenters. The van der Waals surface area contributed by atoms with E-state index in [0.29, 0.717) is 27.9 Å². The number of nitrogens with one attached hydrogen (secondary N) is 2. The summed E-state index contributed by atoms with van der Waals surface area (Å²) in [6.07, 6.45) is 2.28. The normalized spacial score (nSPS) is 13.1. The molecule has 0 aromatic heterocycles. The van der Waals surface area contributed by atoms with E-state index in [2.05, 4.69) is 10.6 Å². The lowest BCUT2D eigenvalue weighted by molar-refractivity contribution is -0.116. The first-order valence-electron chi connectivity index (χ1n) is 8.51. The van der Waals surface area contributed by atoms with E-state index in [0.717, 1.165) is 12.8 Å². The quantitative estimate of drug-likeness (QED) is 0.727. The van der Waals surface area contributed by atoms with E-state index in [4.69, 9.17) is 11.6 Å². The second-order valence-corrected chi connectivity index (χ2v) is 6.74. The monoisotopic (exact) mass is 370 g/mol. The van der Waals surface area contributed by atoms with Gasteiger partial charge in [-0.15, -0.1) is 0 Å². The average Bonchev–Trinajstić information content (AvgIpc) is 3.45. The summed E-state index contributed by atoms with van der Waals surface area (Å²) < 4.78 is 0. The second kappa shape index (κ2) is 8.15. The summed E-state index contributed by atoms with van der Waals surface area (Å²) in [5.41, 5.74) is 1.69. The molecule has 1 saturated carbocycles. The average molecular weight is 371 g/mol. The Bertz CT molecular complexity index is 812. The smallest absolute Gasteiger partial charge is 0.251 e. The molecule has 1 fully saturated rings. The van der Waals surface area contributed by atoms with Crippen molar-refractivity contribution in [3.63, 3.8) is 0 Å². The van der Waals surface area contributed by atoms with Gasteiger partial charge in [-0.25, -0.2) is 0 Å². The fraction of sp³-hybridized carbons (Fsp3) is 0.250. The van der Waals surface area contributed by atoms with E-state index in [1.54, 1.807) is 48.5 Å². The van der Waals surface area contributed by atoms with Crippen LogP contribution in [0.5, 0.6) is 0 Å². The molecule has 0 saturated heterocycles. The van der Waals surface area contributed by atoms with Gasteiger partial charge in [0, 0.05) is 40.7 Å². The lowest BCUT2D eigenvalue weighted by atomic mass is 10.1. The van der Waals surface area contributed by atoms with E-state index in [-0.39, 0.29) is 30.4 Å². The van der Waals surface area contributed by atoms with Gasteiger partial charge in [-0.3, -0.25) is 14.4 Å². The number of amides is 2. The van der Waals surface area contributed by atoms with Crippen molar-refractivity contribution in [2.24, 2.45) is 0 Å². The van der Waals surface area contributed by atoms with Crippen LogP contribution in [0.3, 0.4) is 0 Å². The fourth-order valence-electron chi connectivity index (χ4n) is 2.43. The minimum atomic E-state index is -0.248. The molecule has 2 aromatic carbocycles. The van der Waals surface area contributed by atoms with Crippen molar-refractivity contribution in [3.05, 3.63) is 64.7 Å². The third-order valence-electron chi connectivity index (χ3n) is 4.09. The fourth-order valence-corrected chi connectivity index (χ4v) is 2.56. The number of rotatable bonds is 7. The molecule has 0 unspecified atom stereocenters. The minimum Gasteiger partial charge on any atom is -0.349 e. The molecule has 3 rings (SSSR count). The van der Waals surface area contributed by atoms with E-state index < -0.39 is 0 Å². The molecule has 2 aromatic rings. The molecule has 0 bridgehead atoms. The van der Waals surface area contributed by atoms with Crippen LogP contribution in [0.4, 0.5) is 5.69 Å². The Morgan fingerprint density at radius 3 is 2.12 bits per heavy atom. The van der Waals surface area contributed by atoms with Gasteiger partial charge in [-0.05, 0) is 61.4 Å². The summed E-state index contributed by atoms with van der Waals surface area (Å²) in [5.74, 6) is -0.453. The Hall–Kier alpha value is -2.66. The van der Waals surface area contributed by atoms with Crippen LogP contribution in [0.25, 0.3) is 0 Å². The van der Waals surface area contributed by atoms with Gasteiger partial charge in [-0.1, -0.05) is 11.6 Å². The second-order valence-electron chi connectivity index (χ2n) is 6.30. The van der Waals surface area contributed by atoms with Gasteiger partial charge >= 0.3 is 0 Å². The van der Waals surface area contributed by atoms with E-state index in [9.17, 15) is 14.4 Å². The summed E-state index contributed by atoms with van der Waals surface area (Å²) in [5, 5.41) is 6.21. The summed E-state index contributed by atoms with van der Waals surface area (Å²) in [7, 11) is 0. The molecule has 0 spiro atoms. The van der Waals surface area contributed by atoms with Crippen molar-refractivity contribution in [2.75, 3.05) is 5.32 Å². The number of hydrogen-bond donors (Lipinski definition) is 2. The van der Waals surface area contributed by atoms with Crippen LogP contribution in [0.1, 0.15) is 46.4 Å². The van der Waals surface area contributed by atoms with Crippen molar-refractivity contribution in [1.82, 2.24) is 5.32 Å². The highest BCUT2D eigenvalue weighted by molar-refractivity contribution is 6.30. The molecule has 0 heterocycles. The number of carbonyl (C=O) groups excluding carboxylic acids is 3. The van der Waals surface area contributed by atoms with Gasteiger partial charge in [-0.2, -0.15) is 0 Å². The summed E-state index contributed by atoms with van der Waals surface area (Å²) in [6.45, 7) is 0. The van der Waals surface area contributed by atoms with Crippen LogP contribution in [0.15, 0.2) is 48.5 Å². The van der Waals surface area contributed by atoms with Gasteiger partial charge in [0.2, 0.25) is 5.91 Å². The maximum Gasteiger partial charge on any atom is 0.251 e. The Morgan fingerprint density at radius 1 is 0.885 bits per heavy atom. The van der Waals surface area contributed by atoms with Crippen molar-refractivity contribution in [3.8, 4) is 0 Å². The molecular weight excluding hydrogens is 352 g/mol. The molecule has 26 heavy (non-hydrogen) atoms. The van der Waals surface area contributed by atoms with Gasteiger partial charge in [0.15, 0.2) is 5.78 Å². The highest BCUT2D eigenvalue weighted by Gasteiger charge is 2.23. The zero-order chi connectivity index (χ0) is 18.5. The highest BCUT2D eigenvalue weighted by atomic mass is 35.5.